The first-order valence-corrected chi connectivity index (χ1v) is 5.61. The maximum atomic E-state index is 3.63. The minimum atomic E-state index is 0.159. The van der Waals surface area contributed by atoms with Gasteiger partial charge < -0.3 is 10.6 Å². The smallest absolute Gasteiger partial charge is 0.0535 e. The van der Waals surface area contributed by atoms with Crippen LogP contribution in [-0.4, -0.2) is 25.2 Å². The number of hydrogen-bond acceptors (Lipinski definition) is 2. The second kappa shape index (κ2) is 3.47. The molecule has 0 aromatic heterocycles. The van der Waals surface area contributed by atoms with Crippen molar-refractivity contribution in [3.8, 4) is 0 Å². The molecule has 2 nitrogen and oxygen atoms in total. The molecule has 2 heteroatoms. The van der Waals surface area contributed by atoms with E-state index in [1.54, 1.807) is 0 Å². The summed E-state index contributed by atoms with van der Waals surface area (Å²) in [7, 11) is 0. The summed E-state index contributed by atoms with van der Waals surface area (Å²) < 4.78 is 0. The fraction of sp³-hybridized carbons (Fsp3) is 0.385. The van der Waals surface area contributed by atoms with E-state index < -0.39 is 0 Å². The van der Waals surface area contributed by atoms with Crippen LogP contribution in [0, 0.1) is 0 Å². The van der Waals surface area contributed by atoms with Crippen LogP contribution in [-0.2, 0) is 6.42 Å². The van der Waals surface area contributed by atoms with Crippen LogP contribution in [0.15, 0.2) is 30.3 Å². The molecule has 3 rings (SSSR count). The Kier molecular flexibility index (Phi) is 2.11. The first kappa shape index (κ1) is 9.13. The molecule has 78 valence electrons. The molecule has 1 aromatic carbocycles. The van der Waals surface area contributed by atoms with Crippen molar-refractivity contribution in [3.63, 3.8) is 0 Å². The van der Waals surface area contributed by atoms with Gasteiger partial charge in [-0.25, -0.2) is 0 Å². The van der Waals surface area contributed by atoms with Crippen molar-refractivity contribution in [2.45, 2.75) is 12.0 Å². The predicted octanol–water partition coefficient (Wildman–Crippen LogP) is 1.19. The number of nitrogens with one attached hydrogen (secondary N) is 2. The molecule has 1 aliphatic carbocycles. The second-order valence-corrected chi connectivity index (χ2v) is 4.47. The summed E-state index contributed by atoms with van der Waals surface area (Å²) in [6.07, 6.45) is 5.67. The Hall–Kier alpha value is -1.12. The van der Waals surface area contributed by atoms with Crippen LogP contribution in [0.4, 0.5) is 0 Å². The molecule has 0 bridgehead atoms. The molecule has 1 atom stereocenters. The molecule has 15 heavy (non-hydrogen) atoms. The van der Waals surface area contributed by atoms with Gasteiger partial charge in [-0.2, -0.15) is 0 Å². The van der Waals surface area contributed by atoms with Crippen LogP contribution >= 0.6 is 0 Å². The van der Waals surface area contributed by atoms with E-state index in [1.165, 1.54) is 11.1 Å². The molecular weight excluding hydrogens is 184 g/mol. The molecule has 2 N–H and O–H groups in total. The number of hydrogen-bond donors (Lipinski definition) is 2. The summed E-state index contributed by atoms with van der Waals surface area (Å²) in [4.78, 5) is 0. The Balaban J connectivity index is 1.94. The fourth-order valence-electron chi connectivity index (χ4n) is 2.52. The lowest BCUT2D eigenvalue weighted by atomic mass is 9.82. The van der Waals surface area contributed by atoms with Gasteiger partial charge in [-0.05, 0) is 17.5 Å². The van der Waals surface area contributed by atoms with Gasteiger partial charge >= 0.3 is 0 Å². The lowest BCUT2D eigenvalue weighted by Gasteiger charge is -2.39. The van der Waals surface area contributed by atoms with Gasteiger partial charge in [-0.15, -0.1) is 0 Å². The third kappa shape index (κ3) is 1.60. The van der Waals surface area contributed by atoms with Gasteiger partial charge in [0.25, 0.3) is 0 Å². The SMILES string of the molecule is C1=CC2(CNCCN2)Cc2ccccc21. The maximum Gasteiger partial charge on any atom is 0.0535 e. The highest BCUT2D eigenvalue weighted by molar-refractivity contribution is 5.59. The molecule has 0 amide bonds. The standard InChI is InChI=1S/C13H16N2/c1-2-4-12-9-13(6-5-11(12)3-1)10-14-7-8-15-13/h1-6,14-15H,7-10H2. The number of rotatable bonds is 0. The Labute approximate surface area is 90.4 Å². The van der Waals surface area contributed by atoms with Crippen LogP contribution in [0.5, 0.6) is 0 Å². The summed E-state index contributed by atoms with van der Waals surface area (Å²) in [5, 5.41) is 7.09. The van der Waals surface area contributed by atoms with Crippen molar-refractivity contribution in [2.24, 2.45) is 0 Å². The number of piperazine rings is 1. The van der Waals surface area contributed by atoms with Gasteiger partial charge in [0.15, 0.2) is 0 Å². The van der Waals surface area contributed by atoms with Gasteiger partial charge in [0.2, 0.25) is 0 Å². The summed E-state index contributed by atoms with van der Waals surface area (Å²) in [6.45, 7) is 3.18. The van der Waals surface area contributed by atoms with Crippen LogP contribution in [0.1, 0.15) is 11.1 Å². The molecule has 0 radical (unpaired) electrons. The molecule has 1 spiro atoms. The predicted molar refractivity (Wildman–Crippen MR) is 62.8 cm³/mol. The van der Waals surface area contributed by atoms with Crippen molar-refractivity contribution in [1.82, 2.24) is 10.6 Å². The molecule has 1 aromatic rings. The van der Waals surface area contributed by atoms with Crippen molar-refractivity contribution in [1.29, 1.82) is 0 Å². The Morgan fingerprint density at radius 2 is 2.07 bits per heavy atom. The zero-order valence-electron chi connectivity index (χ0n) is 8.79. The summed E-state index contributed by atoms with van der Waals surface area (Å²) in [6, 6.07) is 8.65. The minimum absolute atomic E-state index is 0.159. The number of benzene rings is 1. The molecule has 1 saturated heterocycles. The second-order valence-electron chi connectivity index (χ2n) is 4.47. The first-order chi connectivity index (χ1) is 7.38. The lowest BCUT2D eigenvalue weighted by Crippen LogP contribution is -2.59. The zero-order valence-corrected chi connectivity index (χ0v) is 8.79. The van der Waals surface area contributed by atoms with Crippen LogP contribution in [0.2, 0.25) is 0 Å². The monoisotopic (exact) mass is 200 g/mol. The quantitative estimate of drug-likeness (QED) is 0.657. The summed E-state index contributed by atoms with van der Waals surface area (Å²) >= 11 is 0. The lowest BCUT2D eigenvalue weighted by molar-refractivity contribution is 0.330. The van der Waals surface area contributed by atoms with Gasteiger partial charge in [0.05, 0.1) is 5.54 Å². The third-order valence-electron chi connectivity index (χ3n) is 3.36. The van der Waals surface area contributed by atoms with Crippen LogP contribution in [0.3, 0.4) is 0 Å². The Morgan fingerprint density at radius 1 is 1.13 bits per heavy atom. The van der Waals surface area contributed by atoms with E-state index in [0.29, 0.717) is 0 Å². The number of fused-ring (bicyclic) bond motifs is 1. The maximum absolute atomic E-state index is 3.63. The van der Waals surface area contributed by atoms with E-state index in [9.17, 15) is 0 Å². The van der Waals surface area contributed by atoms with Gasteiger partial charge in [-0.3, -0.25) is 0 Å². The van der Waals surface area contributed by atoms with E-state index in [2.05, 4.69) is 47.1 Å². The van der Waals surface area contributed by atoms with Crippen molar-refractivity contribution >= 4 is 6.08 Å². The topological polar surface area (TPSA) is 24.1 Å². The normalized spacial score (nSPS) is 29.1. The average molecular weight is 200 g/mol. The van der Waals surface area contributed by atoms with E-state index in [-0.39, 0.29) is 5.54 Å². The first-order valence-electron chi connectivity index (χ1n) is 5.61. The van der Waals surface area contributed by atoms with Gasteiger partial charge in [0.1, 0.15) is 0 Å². The fourth-order valence-corrected chi connectivity index (χ4v) is 2.52. The van der Waals surface area contributed by atoms with E-state index in [0.717, 1.165) is 26.1 Å². The third-order valence-corrected chi connectivity index (χ3v) is 3.36. The van der Waals surface area contributed by atoms with Gasteiger partial charge in [0, 0.05) is 19.6 Å². The highest BCUT2D eigenvalue weighted by atomic mass is 15.1. The highest BCUT2D eigenvalue weighted by Gasteiger charge is 2.31. The Bertz CT molecular complexity index is 389. The summed E-state index contributed by atoms with van der Waals surface area (Å²) in [5.41, 5.74) is 2.98. The molecule has 1 fully saturated rings. The molecule has 0 saturated carbocycles. The van der Waals surface area contributed by atoms with Crippen molar-refractivity contribution in [3.05, 3.63) is 41.5 Å². The molecule has 1 unspecified atom stereocenters. The zero-order chi connectivity index (χ0) is 10.1. The van der Waals surface area contributed by atoms with Crippen molar-refractivity contribution < 1.29 is 0 Å². The molecular formula is C13H16N2. The van der Waals surface area contributed by atoms with E-state index >= 15 is 0 Å². The molecule has 2 aliphatic rings. The largest absolute Gasteiger partial charge is 0.313 e. The Morgan fingerprint density at radius 3 is 2.93 bits per heavy atom. The summed E-state index contributed by atoms with van der Waals surface area (Å²) in [5.74, 6) is 0. The van der Waals surface area contributed by atoms with E-state index in [1.807, 2.05) is 0 Å². The molecule has 1 heterocycles. The van der Waals surface area contributed by atoms with E-state index in [4.69, 9.17) is 0 Å². The highest BCUT2D eigenvalue weighted by Crippen LogP contribution is 2.26. The van der Waals surface area contributed by atoms with Gasteiger partial charge in [-0.1, -0.05) is 36.4 Å². The average Bonchev–Trinajstić information content (AvgIpc) is 2.30. The van der Waals surface area contributed by atoms with Crippen molar-refractivity contribution in [2.75, 3.05) is 19.6 Å². The molecule has 1 aliphatic heterocycles. The van der Waals surface area contributed by atoms with Crippen LogP contribution in [0.25, 0.3) is 6.08 Å². The minimum Gasteiger partial charge on any atom is -0.313 e. The van der Waals surface area contributed by atoms with Crippen LogP contribution < -0.4 is 10.6 Å².